The van der Waals surface area contributed by atoms with Crippen LogP contribution in [0.15, 0.2) is 30.7 Å². The van der Waals surface area contributed by atoms with Gasteiger partial charge in [-0.05, 0) is 30.9 Å². The second kappa shape index (κ2) is 7.08. The van der Waals surface area contributed by atoms with E-state index in [0.29, 0.717) is 0 Å². The number of halogens is 2. The molecular formula is C16H16F2N6O2. The van der Waals surface area contributed by atoms with Crippen LogP contribution >= 0.6 is 0 Å². The van der Waals surface area contributed by atoms with Crippen LogP contribution < -0.4 is 16.6 Å². The molecule has 1 amide bonds. The van der Waals surface area contributed by atoms with E-state index >= 15 is 0 Å². The third-order valence-corrected chi connectivity index (χ3v) is 4.37. The number of rotatable bonds is 6. The van der Waals surface area contributed by atoms with Gasteiger partial charge in [-0.25, -0.2) is 24.6 Å². The van der Waals surface area contributed by atoms with Crippen LogP contribution in [0, 0.1) is 0 Å². The van der Waals surface area contributed by atoms with E-state index in [4.69, 9.17) is 5.84 Å². The summed E-state index contributed by atoms with van der Waals surface area (Å²) in [5.41, 5.74) is 1.11. The van der Waals surface area contributed by atoms with Gasteiger partial charge < -0.3 is 5.32 Å². The summed E-state index contributed by atoms with van der Waals surface area (Å²) in [7, 11) is 0. The maximum absolute atomic E-state index is 12.9. The van der Waals surface area contributed by atoms with E-state index in [1.807, 2.05) is 6.07 Å². The first-order chi connectivity index (χ1) is 12.5. The highest BCUT2D eigenvalue weighted by molar-refractivity contribution is 6.07. The summed E-state index contributed by atoms with van der Waals surface area (Å²) in [4.78, 5) is 35.4. The van der Waals surface area contributed by atoms with E-state index in [1.54, 1.807) is 23.9 Å². The van der Waals surface area contributed by atoms with E-state index in [-0.39, 0.29) is 5.95 Å². The predicted molar refractivity (Wildman–Crippen MR) is 87.4 cm³/mol. The van der Waals surface area contributed by atoms with Crippen LogP contribution in [0.2, 0.25) is 0 Å². The molecule has 0 unspecified atom stereocenters. The molecule has 10 heteroatoms. The molecule has 1 aliphatic rings. The quantitative estimate of drug-likeness (QED) is 0.307. The Labute approximate surface area is 147 Å². The Morgan fingerprint density at radius 3 is 2.58 bits per heavy atom. The van der Waals surface area contributed by atoms with Crippen molar-refractivity contribution in [3.05, 3.63) is 47.5 Å². The van der Waals surface area contributed by atoms with Crippen LogP contribution in [-0.2, 0) is 5.54 Å². The number of hydrogen-bond donors (Lipinski definition) is 3. The summed E-state index contributed by atoms with van der Waals surface area (Å²) in [6.07, 6.45) is 3.54. The second-order valence-corrected chi connectivity index (χ2v) is 5.90. The van der Waals surface area contributed by atoms with Crippen molar-refractivity contribution in [2.24, 2.45) is 5.84 Å². The molecule has 0 bridgehead atoms. The normalized spacial score (nSPS) is 15.2. The van der Waals surface area contributed by atoms with Gasteiger partial charge >= 0.3 is 6.43 Å². The molecule has 1 aliphatic carbocycles. The molecule has 3 rings (SSSR count). The summed E-state index contributed by atoms with van der Waals surface area (Å²) in [5, 5.41) is 3.10. The smallest absolute Gasteiger partial charge is 0.302 e. The number of aromatic nitrogens is 3. The fourth-order valence-electron chi connectivity index (χ4n) is 2.85. The number of hydrogen-bond acceptors (Lipinski definition) is 7. The SMILES string of the molecule is NNC(=O)c1cnc(NC2(c3cccnc3)CCC2)nc1C(=O)C(F)F. The standard InChI is InChI=1S/C16H16F2N6O2/c17-13(18)12(25)11-10(14(26)24-19)8-21-15(22-11)23-16(4-2-5-16)9-3-1-6-20-7-9/h1,3,6-8,13H,2,4-5,19H2,(H,24,26)(H,21,22,23). The van der Waals surface area contributed by atoms with E-state index < -0.39 is 34.9 Å². The maximum Gasteiger partial charge on any atom is 0.302 e. The van der Waals surface area contributed by atoms with Gasteiger partial charge in [0, 0.05) is 18.6 Å². The number of nitrogens with two attached hydrogens (primary N) is 1. The zero-order valence-electron chi connectivity index (χ0n) is 13.6. The van der Waals surface area contributed by atoms with E-state index in [2.05, 4.69) is 20.3 Å². The molecule has 0 spiro atoms. The van der Waals surface area contributed by atoms with Gasteiger partial charge in [0.25, 0.3) is 5.91 Å². The van der Waals surface area contributed by atoms with Crippen molar-refractivity contribution in [3.63, 3.8) is 0 Å². The highest BCUT2D eigenvalue weighted by atomic mass is 19.3. The van der Waals surface area contributed by atoms with Gasteiger partial charge in [-0.3, -0.25) is 20.0 Å². The van der Waals surface area contributed by atoms with Gasteiger partial charge in [-0.2, -0.15) is 0 Å². The van der Waals surface area contributed by atoms with Crippen molar-refractivity contribution in [3.8, 4) is 0 Å². The number of carbonyl (C=O) groups is 2. The second-order valence-electron chi connectivity index (χ2n) is 5.90. The Morgan fingerprint density at radius 2 is 2.04 bits per heavy atom. The number of nitrogen functional groups attached to an aromatic ring is 1. The minimum absolute atomic E-state index is 0.0221. The first-order valence-electron chi connectivity index (χ1n) is 7.86. The lowest BCUT2D eigenvalue weighted by atomic mass is 9.72. The molecule has 0 radical (unpaired) electrons. The van der Waals surface area contributed by atoms with Crippen LogP contribution in [0.3, 0.4) is 0 Å². The maximum atomic E-state index is 12.9. The van der Waals surface area contributed by atoms with Crippen molar-refractivity contribution < 1.29 is 18.4 Å². The first kappa shape index (κ1) is 17.8. The summed E-state index contributed by atoms with van der Waals surface area (Å²) in [6, 6.07) is 3.68. The molecule has 4 N–H and O–H groups in total. The fraction of sp³-hybridized carbons (Fsp3) is 0.312. The third-order valence-electron chi connectivity index (χ3n) is 4.37. The van der Waals surface area contributed by atoms with Gasteiger partial charge in [0.15, 0.2) is 0 Å². The van der Waals surface area contributed by atoms with E-state index in [9.17, 15) is 18.4 Å². The number of ketones is 1. The largest absolute Gasteiger partial charge is 0.345 e. The number of anilines is 1. The number of amides is 1. The highest BCUT2D eigenvalue weighted by Crippen LogP contribution is 2.43. The summed E-state index contributed by atoms with van der Waals surface area (Å²) in [6.45, 7) is 0. The van der Waals surface area contributed by atoms with Crippen LogP contribution in [0.5, 0.6) is 0 Å². The Balaban J connectivity index is 1.97. The fourth-order valence-corrected chi connectivity index (χ4v) is 2.85. The van der Waals surface area contributed by atoms with Crippen molar-refractivity contribution in [2.75, 3.05) is 5.32 Å². The van der Waals surface area contributed by atoms with Crippen molar-refractivity contribution >= 4 is 17.6 Å². The molecule has 26 heavy (non-hydrogen) atoms. The zero-order chi connectivity index (χ0) is 18.7. The van der Waals surface area contributed by atoms with Crippen molar-refractivity contribution in [1.29, 1.82) is 0 Å². The number of nitrogens with one attached hydrogen (secondary N) is 2. The lowest BCUT2D eigenvalue weighted by Crippen LogP contribution is -2.43. The van der Waals surface area contributed by atoms with Gasteiger partial charge in [0.2, 0.25) is 11.7 Å². The van der Waals surface area contributed by atoms with Gasteiger partial charge in [0.1, 0.15) is 5.69 Å². The first-order valence-corrected chi connectivity index (χ1v) is 7.86. The Morgan fingerprint density at radius 1 is 1.27 bits per heavy atom. The lowest BCUT2D eigenvalue weighted by Gasteiger charge is -2.42. The molecule has 0 aliphatic heterocycles. The number of nitrogens with zero attached hydrogens (tertiary/aromatic N) is 3. The highest BCUT2D eigenvalue weighted by Gasteiger charge is 2.40. The monoisotopic (exact) mass is 362 g/mol. The third kappa shape index (κ3) is 3.23. The van der Waals surface area contributed by atoms with Gasteiger partial charge in [-0.15, -0.1) is 0 Å². The Bertz CT molecular complexity index is 827. The summed E-state index contributed by atoms with van der Waals surface area (Å²) < 4.78 is 25.7. The van der Waals surface area contributed by atoms with E-state index in [0.717, 1.165) is 31.0 Å². The van der Waals surface area contributed by atoms with Gasteiger partial charge in [-0.1, -0.05) is 6.07 Å². The average Bonchev–Trinajstić information content (AvgIpc) is 2.64. The molecule has 2 heterocycles. The summed E-state index contributed by atoms with van der Waals surface area (Å²) >= 11 is 0. The molecule has 1 fully saturated rings. The predicted octanol–water partition coefficient (Wildman–Crippen LogP) is 1.41. The minimum atomic E-state index is -3.31. The van der Waals surface area contributed by atoms with Crippen LogP contribution in [0.1, 0.15) is 45.7 Å². The number of Topliss-reactive ketones (excluding diaryl/α,β-unsaturated/α-hetero) is 1. The zero-order valence-corrected chi connectivity index (χ0v) is 13.6. The van der Waals surface area contributed by atoms with Crippen molar-refractivity contribution in [2.45, 2.75) is 31.2 Å². The molecule has 136 valence electrons. The number of alkyl halides is 2. The van der Waals surface area contributed by atoms with Crippen LogP contribution in [0.25, 0.3) is 0 Å². The molecule has 0 saturated heterocycles. The molecule has 2 aromatic rings. The molecule has 2 aromatic heterocycles. The van der Waals surface area contributed by atoms with E-state index in [1.165, 1.54) is 0 Å². The molecule has 8 nitrogen and oxygen atoms in total. The molecule has 1 saturated carbocycles. The topological polar surface area (TPSA) is 123 Å². The van der Waals surface area contributed by atoms with Crippen LogP contribution in [0.4, 0.5) is 14.7 Å². The Hall–Kier alpha value is -3.01. The molecule has 0 aromatic carbocycles. The van der Waals surface area contributed by atoms with Crippen molar-refractivity contribution in [1.82, 2.24) is 20.4 Å². The summed E-state index contributed by atoms with van der Waals surface area (Å²) in [5.74, 6) is 2.50. The van der Waals surface area contributed by atoms with Crippen LogP contribution in [-0.4, -0.2) is 33.1 Å². The van der Waals surface area contributed by atoms with Gasteiger partial charge in [0.05, 0.1) is 11.1 Å². The Kier molecular flexibility index (Phi) is 4.85. The number of pyridine rings is 1. The number of carbonyl (C=O) groups excluding carboxylic acids is 2. The molecular weight excluding hydrogens is 346 g/mol. The number of hydrazine groups is 1. The minimum Gasteiger partial charge on any atom is -0.345 e. The molecule has 0 atom stereocenters. The average molecular weight is 362 g/mol. The lowest BCUT2D eigenvalue weighted by molar-refractivity contribution is 0.0669.